The molecule has 7 nitrogen and oxygen atoms in total. The van der Waals surface area contributed by atoms with Crippen molar-refractivity contribution < 1.29 is 24.5 Å². The molecule has 1 saturated heterocycles. The second-order valence-electron chi connectivity index (χ2n) is 11.3. The topological polar surface area (TPSA) is 91.3 Å². The van der Waals surface area contributed by atoms with Crippen molar-refractivity contribution in [1.82, 2.24) is 10.2 Å². The van der Waals surface area contributed by atoms with Crippen LogP contribution >= 0.6 is 0 Å². The molecule has 1 amide bonds. The monoisotopic (exact) mass is 504 g/mol. The van der Waals surface area contributed by atoms with Gasteiger partial charge in [0.05, 0.1) is 23.7 Å². The first-order valence-corrected chi connectivity index (χ1v) is 13.3. The highest BCUT2D eigenvalue weighted by Gasteiger charge is 2.69. The fourth-order valence-electron chi connectivity index (χ4n) is 7.04. The van der Waals surface area contributed by atoms with Crippen LogP contribution in [0.3, 0.4) is 0 Å². The van der Waals surface area contributed by atoms with E-state index < -0.39 is 17.1 Å². The second kappa shape index (κ2) is 8.77. The van der Waals surface area contributed by atoms with Crippen molar-refractivity contribution in [3.63, 3.8) is 0 Å². The molecule has 2 heterocycles. The van der Waals surface area contributed by atoms with E-state index in [1.807, 2.05) is 43.3 Å². The SMILES string of the molecule is CO/C(=C(/C)C(=O)NCc1ccccc1)[C@@H]1Oc2c(O)ccc3c2[C@@]12CCN(CC1CC1)[C@H](C3)[C@@]2(C)O. The molecule has 4 aliphatic rings. The molecule has 2 aromatic carbocycles. The number of fused-ring (bicyclic) bond motifs is 1. The van der Waals surface area contributed by atoms with Crippen molar-refractivity contribution in [2.24, 2.45) is 5.92 Å². The zero-order valence-electron chi connectivity index (χ0n) is 21.8. The Kier molecular flexibility index (Phi) is 5.77. The highest BCUT2D eigenvalue weighted by Crippen LogP contribution is 2.63. The van der Waals surface area contributed by atoms with Crippen LogP contribution in [0, 0.1) is 5.92 Å². The quantitative estimate of drug-likeness (QED) is 0.396. The molecular weight excluding hydrogens is 468 g/mol. The van der Waals surface area contributed by atoms with Gasteiger partial charge in [-0.3, -0.25) is 9.69 Å². The molecule has 0 radical (unpaired) electrons. The highest BCUT2D eigenvalue weighted by atomic mass is 16.5. The van der Waals surface area contributed by atoms with E-state index in [9.17, 15) is 15.0 Å². The first-order chi connectivity index (χ1) is 17.8. The molecule has 6 rings (SSSR count). The number of hydrogen-bond donors (Lipinski definition) is 3. The van der Waals surface area contributed by atoms with Gasteiger partial charge in [0.25, 0.3) is 5.91 Å². The van der Waals surface area contributed by atoms with Gasteiger partial charge in [0.15, 0.2) is 17.6 Å². The molecule has 2 aliphatic carbocycles. The summed E-state index contributed by atoms with van der Waals surface area (Å²) in [6.45, 7) is 5.86. The summed E-state index contributed by atoms with van der Waals surface area (Å²) in [5, 5.41) is 26.2. The number of rotatable bonds is 7. The molecule has 1 saturated carbocycles. The summed E-state index contributed by atoms with van der Waals surface area (Å²) < 4.78 is 12.4. The minimum atomic E-state index is -1.15. The number of phenolic OH excluding ortho intramolecular Hbond substituents is 1. The molecule has 0 aromatic heterocycles. The van der Waals surface area contributed by atoms with Crippen LogP contribution in [0.4, 0.5) is 0 Å². The first-order valence-electron chi connectivity index (χ1n) is 13.3. The van der Waals surface area contributed by atoms with E-state index in [0.717, 1.165) is 29.8 Å². The number of nitrogens with zero attached hydrogens (tertiary/aromatic N) is 1. The van der Waals surface area contributed by atoms with Crippen molar-refractivity contribution >= 4 is 5.91 Å². The van der Waals surface area contributed by atoms with Crippen molar-refractivity contribution in [1.29, 1.82) is 0 Å². The van der Waals surface area contributed by atoms with Crippen LogP contribution in [-0.2, 0) is 27.9 Å². The summed E-state index contributed by atoms with van der Waals surface area (Å²) in [7, 11) is 1.55. The molecule has 196 valence electrons. The number of amides is 1. The Morgan fingerprint density at radius 3 is 2.68 bits per heavy atom. The number of aromatic hydroxyl groups is 1. The van der Waals surface area contributed by atoms with Crippen LogP contribution in [-0.4, -0.2) is 59.0 Å². The van der Waals surface area contributed by atoms with Gasteiger partial charge in [-0.15, -0.1) is 0 Å². The first kappa shape index (κ1) is 24.3. The molecule has 2 bridgehead atoms. The van der Waals surface area contributed by atoms with E-state index in [1.165, 1.54) is 12.8 Å². The van der Waals surface area contributed by atoms with Crippen molar-refractivity contribution in [3.8, 4) is 11.5 Å². The van der Waals surface area contributed by atoms with E-state index in [1.54, 1.807) is 20.1 Å². The zero-order chi connectivity index (χ0) is 25.9. The Labute approximate surface area is 218 Å². The number of phenols is 1. The molecule has 0 unspecified atom stereocenters. The number of likely N-dealkylation sites (tertiary alicyclic amines) is 1. The van der Waals surface area contributed by atoms with Crippen LogP contribution in [0.2, 0.25) is 0 Å². The fourth-order valence-corrected chi connectivity index (χ4v) is 7.04. The Morgan fingerprint density at radius 2 is 1.97 bits per heavy atom. The van der Waals surface area contributed by atoms with Crippen molar-refractivity contribution in [2.75, 3.05) is 20.2 Å². The van der Waals surface area contributed by atoms with Gasteiger partial charge in [0.2, 0.25) is 0 Å². The third-order valence-corrected chi connectivity index (χ3v) is 9.21. The lowest BCUT2D eigenvalue weighted by Gasteiger charge is -2.60. The standard InChI is InChI=1S/C30H36N2O5/c1-18(28(34)31-16-19-7-5-4-6-8-19)25(36-3)27-30-13-14-32(17-20-9-10-20)23(29(30,2)35)15-21-11-12-22(33)26(37-27)24(21)30/h4-8,11-12,20,23,27,33,35H,9-10,13-17H2,1-3H3,(H,31,34)/b25-18-/t23-,27+,29-,30+/m1/s1. The lowest BCUT2D eigenvalue weighted by Crippen LogP contribution is -2.73. The van der Waals surface area contributed by atoms with Gasteiger partial charge < -0.3 is 25.0 Å². The average molecular weight is 505 g/mol. The van der Waals surface area contributed by atoms with E-state index in [4.69, 9.17) is 9.47 Å². The Bertz CT molecular complexity index is 1250. The smallest absolute Gasteiger partial charge is 0.250 e. The van der Waals surface area contributed by atoms with E-state index in [0.29, 0.717) is 42.4 Å². The maximum atomic E-state index is 13.3. The number of nitrogens with one attached hydrogen (secondary N) is 1. The van der Waals surface area contributed by atoms with E-state index in [-0.39, 0.29) is 17.7 Å². The van der Waals surface area contributed by atoms with Gasteiger partial charge >= 0.3 is 0 Å². The van der Waals surface area contributed by atoms with Gasteiger partial charge in [-0.25, -0.2) is 0 Å². The molecule has 7 heteroatoms. The highest BCUT2D eigenvalue weighted by molar-refractivity contribution is 5.93. The van der Waals surface area contributed by atoms with Crippen molar-refractivity contribution in [2.45, 2.75) is 69.2 Å². The van der Waals surface area contributed by atoms with Gasteiger partial charge in [-0.05, 0) is 69.2 Å². The number of benzene rings is 2. The van der Waals surface area contributed by atoms with Crippen LogP contribution in [0.15, 0.2) is 53.8 Å². The predicted molar refractivity (Wildman–Crippen MR) is 139 cm³/mol. The largest absolute Gasteiger partial charge is 0.504 e. The third-order valence-electron chi connectivity index (χ3n) is 9.21. The van der Waals surface area contributed by atoms with Crippen molar-refractivity contribution in [3.05, 3.63) is 70.5 Å². The van der Waals surface area contributed by atoms with Crippen LogP contribution in [0.1, 0.15) is 49.8 Å². The molecule has 3 N–H and O–H groups in total. The second-order valence-corrected chi connectivity index (χ2v) is 11.3. The Morgan fingerprint density at radius 1 is 1.22 bits per heavy atom. The molecule has 37 heavy (non-hydrogen) atoms. The van der Waals surface area contributed by atoms with E-state index in [2.05, 4.69) is 10.2 Å². The number of carbonyl (C=O) groups is 1. The van der Waals surface area contributed by atoms with Gasteiger partial charge in [0.1, 0.15) is 5.76 Å². The predicted octanol–water partition coefficient (Wildman–Crippen LogP) is 3.42. The number of carbonyl (C=O) groups excluding carboxylic acids is 1. The van der Waals surface area contributed by atoms with Crippen LogP contribution in [0.5, 0.6) is 11.5 Å². The lowest BCUT2D eigenvalue weighted by atomic mass is 9.53. The maximum absolute atomic E-state index is 13.3. The summed E-state index contributed by atoms with van der Waals surface area (Å²) in [4.78, 5) is 15.7. The number of aliphatic hydroxyl groups is 1. The van der Waals surface area contributed by atoms with E-state index >= 15 is 0 Å². The molecule has 4 atom stereocenters. The summed E-state index contributed by atoms with van der Waals surface area (Å²) in [6, 6.07) is 13.3. The molecule has 2 aromatic rings. The van der Waals surface area contributed by atoms with Gasteiger partial charge in [-0.2, -0.15) is 0 Å². The Hall–Kier alpha value is -3.03. The number of ether oxygens (including phenoxy) is 2. The third kappa shape index (κ3) is 3.66. The normalized spacial score (nSPS) is 30.7. The fraction of sp³-hybridized carbons (Fsp3) is 0.500. The lowest BCUT2D eigenvalue weighted by molar-refractivity contribution is -0.154. The van der Waals surface area contributed by atoms with Gasteiger partial charge in [0, 0.05) is 24.7 Å². The summed E-state index contributed by atoms with van der Waals surface area (Å²) in [5.41, 5.74) is 1.38. The molecule has 2 fully saturated rings. The summed E-state index contributed by atoms with van der Waals surface area (Å²) in [6.07, 6.45) is 3.12. The number of hydrogen-bond acceptors (Lipinski definition) is 6. The van der Waals surface area contributed by atoms with Crippen LogP contribution in [0.25, 0.3) is 0 Å². The van der Waals surface area contributed by atoms with Gasteiger partial charge in [-0.1, -0.05) is 36.4 Å². The maximum Gasteiger partial charge on any atom is 0.250 e. The zero-order valence-corrected chi connectivity index (χ0v) is 21.8. The van der Waals surface area contributed by atoms with Crippen LogP contribution < -0.4 is 10.1 Å². The minimum absolute atomic E-state index is 0.0527. The molecule has 2 aliphatic heterocycles. The number of methoxy groups -OCH3 is 1. The minimum Gasteiger partial charge on any atom is -0.504 e. The number of piperidine rings is 1. The molecule has 1 spiro atoms. The summed E-state index contributed by atoms with van der Waals surface area (Å²) in [5.74, 6) is 1.31. The Balaban J connectivity index is 1.40. The summed E-state index contributed by atoms with van der Waals surface area (Å²) >= 11 is 0. The average Bonchev–Trinajstić information content (AvgIpc) is 3.63. The molecular formula is C30H36N2O5.